The van der Waals surface area contributed by atoms with E-state index in [0.717, 1.165) is 43.6 Å². The largest absolute Gasteiger partial charge is 0.380 e. The molecule has 1 aliphatic carbocycles. The molecule has 0 saturated carbocycles. The van der Waals surface area contributed by atoms with Gasteiger partial charge in [0.2, 0.25) is 0 Å². The summed E-state index contributed by atoms with van der Waals surface area (Å²) < 4.78 is 20.4. The third-order valence-corrected chi connectivity index (χ3v) is 5.81. The van der Waals surface area contributed by atoms with Gasteiger partial charge in [-0.15, -0.1) is 0 Å². The highest BCUT2D eigenvalue weighted by Crippen LogP contribution is 2.36. The van der Waals surface area contributed by atoms with E-state index >= 15 is 0 Å². The van der Waals surface area contributed by atoms with Gasteiger partial charge in [0.15, 0.2) is 0 Å². The van der Waals surface area contributed by atoms with E-state index in [4.69, 9.17) is 16.3 Å². The van der Waals surface area contributed by atoms with Crippen molar-refractivity contribution in [2.45, 2.75) is 25.7 Å². The highest BCUT2D eigenvalue weighted by Gasteiger charge is 2.26. The topological polar surface area (TPSA) is 21.6 Å². The van der Waals surface area contributed by atoms with Crippen molar-refractivity contribution < 1.29 is 9.13 Å². The van der Waals surface area contributed by atoms with E-state index in [1.54, 1.807) is 12.3 Å². The second-order valence-electron chi connectivity index (χ2n) is 6.94. The third kappa shape index (κ3) is 5.77. The van der Waals surface area contributed by atoms with Crippen LogP contribution in [0.15, 0.2) is 40.3 Å². The van der Waals surface area contributed by atoms with E-state index in [9.17, 15) is 4.39 Å². The van der Waals surface area contributed by atoms with Crippen molar-refractivity contribution >= 4 is 26.8 Å². The number of halogens is 2. The Morgan fingerprint density at radius 2 is 2.13 bits per heavy atom. The molecule has 0 aromatic rings. The Morgan fingerprint density at radius 3 is 2.87 bits per heavy atom. The van der Waals surface area contributed by atoms with Gasteiger partial charge in [0.05, 0.1) is 13.2 Å². The third-order valence-electron chi connectivity index (χ3n) is 4.13. The van der Waals surface area contributed by atoms with Crippen LogP contribution in [0.1, 0.15) is 25.7 Å². The lowest BCUT2D eigenvalue weighted by Crippen LogP contribution is -2.18. The minimum atomic E-state index is -0.542. The van der Waals surface area contributed by atoms with Crippen LogP contribution in [0.2, 0.25) is 0 Å². The minimum Gasteiger partial charge on any atom is -0.380 e. The number of hydrogen-bond acceptors (Lipinski definition) is 2. The van der Waals surface area contributed by atoms with Crippen molar-refractivity contribution in [1.82, 2.24) is 0 Å². The molecule has 1 aliphatic heterocycles. The number of nitrogens with zero attached hydrogens (tertiary/aromatic N) is 1. The summed E-state index contributed by atoms with van der Waals surface area (Å²) in [5.74, 6) is 1.09. The van der Waals surface area contributed by atoms with Crippen LogP contribution in [-0.2, 0) is 4.74 Å². The Labute approximate surface area is 145 Å². The molecule has 1 heterocycles. The average Bonchev–Trinajstić information content (AvgIpc) is 2.58. The molecule has 0 saturated heterocycles. The van der Waals surface area contributed by atoms with Gasteiger partial charge in [-0.05, 0) is 50.5 Å². The fraction of sp³-hybridized carbons (Fsp3) is 0.611. The van der Waals surface area contributed by atoms with E-state index in [2.05, 4.69) is 23.8 Å². The van der Waals surface area contributed by atoms with Crippen molar-refractivity contribution in [3.05, 3.63) is 35.3 Å². The van der Waals surface area contributed by atoms with Crippen molar-refractivity contribution in [3.8, 4) is 0 Å². The van der Waals surface area contributed by atoms with Gasteiger partial charge < -0.3 is 4.74 Å². The molecular formula is C18H27ClFNOS. The first kappa shape index (κ1) is 18.8. The first-order chi connectivity index (χ1) is 10.9. The molecule has 0 aromatic heterocycles. The van der Waals surface area contributed by atoms with Crippen LogP contribution in [0.4, 0.5) is 4.39 Å². The van der Waals surface area contributed by atoms with E-state index in [-0.39, 0.29) is 16.9 Å². The maximum Gasteiger partial charge on any atom is 0.139 e. The maximum atomic E-state index is 14.4. The lowest BCUT2D eigenvalue weighted by Gasteiger charge is -2.26. The predicted octanol–water partition coefficient (Wildman–Crippen LogP) is 5.20. The summed E-state index contributed by atoms with van der Waals surface area (Å²) in [6.45, 7) is 1.42. The zero-order valence-electron chi connectivity index (χ0n) is 14.3. The monoisotopic (exact) mass is 359 g/mol. The van der Waals surface area contributed by atoms with Crippen molar-refractivity contribution in [2.75, 3.05) is 37.7 Å². The molecule has 0 N–H and O–H groups in total. The molecule has 5 heteroatoms. The highest BCUT2D eigenvalue weighted by atomic mass is 35.5. The van der Waals surface area contributed by atoms with E-state index in [1.165, 1.54) is 0 Å². The smallest absolute Gasteiger partial charge is 0.139 e. The Hall–Kier alpha value is -0.580. The summed E-state index contributed by atoms with van der Waals surface area (Å²) in [7, 11) is -0.542. The fourth-order valence-electron chi connectivity index (χ4n) is 2.82. The molecule has 1 unspecified atom stereocenters. The summed E-state index contributed by atoms with van der Waals surface area (Å²) in [6.07, 6.45) is 15.5. The number of ether oxygens (including phenoxy) is 1. The summed E-state index contributed by atoms with van der Waals surface area (Å²) in [6, 6.07) is 0. The molecule has 2 nitrogen and oxygen atoms in total. The van der Waals surface area contributed by atoms with E-state index in [1.807, 2.05) is 6.08 Å². The van der Waals surface area contributed by atoms with Gasteiger partial charge in [-0.3, -0.25) is 0 Å². The molecular weight excluding hydrogens is 333 g/mol. The molecule has 1 atom stereocenters. The Bertz CT molecular complexity index is 546. The predicted molar refractivity (Wildman–Crippen MR) is 102 cm³/mol. The van der Waals surface area contributed by atoms with Gasteiger partial charge in [-0.2, -0.15) is 0 Å². The molecule has 0 aromatic carbocycles. The average molecular weight is 360 g/mol. The molecule has 130 valence electrons. The standard InChI is InChI=1S/C18H27ClFNOS/c1-23(2,3)12-11-22-13-14-7-6-9-16(20)17-15(14)8-4-5-10-21-18(17)19/h5,9-10,14H,4,6-8,11-13H2,1-3H3/b10-5-,21-18+. The van der Waals surface area contributed by atoms with Crippen LogP contribution in [0.25, 0.3) is 0 Å². The van der Waals surface area contributed by atoms with E-state index < -0.39 is 10.0 Å². The fourth-order valence-corrected chi connectivity index (χ4v) is 3.71. The number of hydrogen-bond donors (Lipinski definition) is 0. The quantitative estimate of drug-likeness (QED) is 0.618. The SMILES string of the molecule is CS(C)(C)CCOCC1CCC=C(F)C2=C1CC/C=C\N=C/2Cl. The van der Waals surface area contributed by atoms with Gasteiger partial charge in [-0.1, -0.05) is 23.3 Å². The zero-order chi connectivity index (χ0) is 16.9. The Balaban J connectivity index is 2.12. The van der Waals surface area contributed by atoms with Crippen LogP contribution >= 0.6 is 21.6 Å². The Kier molecular flexibility index (Phi) is 6.93. The van der Waals surface area contributed by atoms with Crippen LogP contribution in [0, 0.1) is 5.92 Å². The number of allylic oxidation sites excluding steroid dienone is 4. The first-order valence-electron chi connectivity index (χ1n) is 8.10. The van der Waals surface area contributed by atoms with Gasteiger partial charge in [0, 0.05) is 23.4 Å². The first-order valence-corrected chi connectivity index (χ1v) is 11.5. The van der Waals surface area contributed by atoms with Crippen LogP contribution in [0.5, 0.6) is 0 Å². The van der Waals surface area contributed by atoms with Gasteiger partial charge in [0.1, 0.15) is 11.0 Å². The van der Waals surface area contributed by atoms with E-state index in [0.29, 0.717) is 12.2 Å². The van der Waals surface area contributed by atoms with Crippen molar-refractivity contribution in [3.63, 3.8) is 0 Å². The highest BCUT2D eigenvalue weighted by molar-refractivity contribution is 8.32. The normalized spacial score (nSPS) is 27.1. The van der Waals surface area contributed by atoms with Gasteiger partial charge in [0.25, 0.3) is 0 Å². The number of rotatable bonds is 5. The second kappa shape index (κ2) is 8.50. The summed E-state index contributed by atoms with van der Waals surface area (Å²) in [4.78, 5) is 4.15. The van der Waals surface area contributed by atoms with Crippen LogP contribution in [0.3, 0.4) is 0 Å². The summed E-state index contributed by atoms with van der Waals surface area (Å²) in [5, 5.41) is 0.260. The number of aliphatic imine (C=N–C) groups is 1. The van der Waals surface area contributed by atoms with Crippen LogP contribution < -0.4 is 0 Å². The zero-order valence-corrected chi connectivity index (χ0v) is 15.9. The molecule has 23 heavy (non-hydrogen) atoms. The second-order valence-corrected chi connectivity index (χ2v) is 11.9. The molecule has 2 aliphatic rings. The molecule has 0 bridgehead atoms. The maximum absolute atomic E-state index is 14.4. The van der Waals surface area contributed by atoms with Crippen molar-refractivity contribution in [1.29, 1.82) is 0 Å². The van der Waals surface area contributed by atoms with Crippen LogP contribution in [-0.4, -0.2) is 42.9 Å². The lowest BCUT2D eigenvalue weighted by molar-refractivity contribution is 0.119. The molecule has 0 amide bonds. The molecule has 0 fully saturated rings. The Morgan fingerprint density at radius 1 is 1.35 bits per heavy atom. The van der Waals surface area contributed by atoms with Crippen molar-refractivity contribution in [2.24, 2.45) is 10.9 Å². The minimum absolute atomic E-state index is 0.222. The molecule has 2 rings (SSSR count). The van der Waals surface area contributed by atoms with Gasteiger partial charge in [-0.25, -0.2) is 19.4 Å². The molecule has 0 spiro atoms. The summed E-state index contributed by atoms with van der Waals surface area (Å²) >= 11 is 6.24. The molecule has 0 radical (unpaired) electrons. The lowest BCUT2D eigenvalue weighted by atomic mass is 9.89. The van der Waals surface area contributed by atoms with Gasteiger partial charge >= 0.3 is 0 Å². The summed E-state index contributed by atoms with van der Waals surface area (Å²) in [5.41, 5.74) is 1.57.